The van der Waals surface area contributed by atoms with E-state index in [2.05, 4.69) is 0 Å². The van der Waals surface area contributed by atoms with Gasteiger partial charge in [-0.2, -0.15) is 0 Å². The SMILES string of the molecule is COCOc1cc(OC)cc(OC)c1C(=O)C[C@@H](O)c1ccc(OC)c(OC)c1. The van der Waals surface area contributed by atoms with E-state index in [0.29, 0.717) is 22.8 Å². The first-order valence-electron chi connectivity index (χ1n) is 8.79. The molecule has 0 fully saturated rings. The average molecular weight is 406 g/mol. The molecule has 1 atom stereocenters. The van der Waals surface area contributed by atoms with Crippen molar-refractivity contribution in [2.24, 2.45) is 0 Å². The number of rotatable bonds is 11. The van der Waals surface area contributed by atoms with Gasteiger partial charge in [0, 0.05) is 25.7 Å². The van der Waals surface area contributed by atoms with Crippen LogP contribution in [0.15, 0.2) is 30.3 Å². The van der Waals surface area contributed by atoms with Crippen LogP contribution >= 0.6 is 0 Å². The largest absolute Gasteiger partial charge is 0.496 e. The second kappa shape index (κ2) is 10.5. The summed E-state index contributed by atoms with van der Waals surface area (Å²) in [6.07, 6.45) is -1.26. The van der Waals surface area contributed by atoms with Crippen LogP contribution in [0.3, 0.4) is 0 Å². The predicted octanol–water partition coefficient (Wildman–Crippen LogP) is 3.01. The van der Waals surface area contributed by atoms with Crippen molar-refractivity contribution >= 4 is 5.78 Å². The number of hydrogen-bond acceptors (Lipinski definition) is 8. The number of ketones is 1. The highest BCUT2D eigenvalue weighted by Gasteiger charge is 2.24. The van der Waals surface area contributed by atoms with Gasteiger partial charge in [-0.25, -0.2) is 0 Å². The molecule has 0 saturated carbocycles. The number of benzene rings is 2. The molecule has 1 N–H and O–H groups in total. The Bertz CT molecular complexity index is 834. The molecule has 8 heteroatoms. The van der Waals surface area contributed by atoms with E-state index < -0.39 is 6.10 Å². The molecule has 0 aliphatic rings. The lowest BCUT2D eigenvalue weighted by atomic mass is 9.98. The molecule has 2 rings (SSSR count). The molecule has 158 valence electrons. The zero-order valence-corrected chi connectivity index (χ0v) is 17.2. The van der Waals surface area contributed by atoms with Gasteiger partial charge in [0.15, 0.2) is 24.1 Å². The smallest absolute Gasteiger partial charge is 0.188 e. The van der Waals surface area contributed by atoms with E-state index >= 15 is 0 Å². The summed E-state index contributed by atoms with van der Waals surface area (Å²) >= 11 is 0. The topological polar surface area (TPSA) is 92.7 Å². The number of aliphatic hydroxyl groups excluding tert-OH is 1. The second-order valence-electron chi connectivity index (χ2n) is 6.01. The number of Topliss-reactive ketones (excluding diaryl/α,β-unsaturated/α-hetero) is 1. The van der Waals surface area contributed by atoms with Gasteiger partial charge in [-0.05, 0) is 17.7 Å². The van der Waals surface area contributed by atoms with Gasteiger partial charge in [-0.15, -0.1) is 0 Å². The summed E-state index contributed by atoms with van der Waals surface area (Å²) in [5.74, 6) is 1.61. The Kier molecular flexibility index (Phi) is 8.11. The molecule has 0 aliphatic carbocycles. The number of hydrogen-bond donors (Lipinski definition) is 1. The van der Waals surface area contributed by atoms with Crippen LogP contribution in [0.1, 0.15) is 28.4 Å². The second-order valence-corrected chi connectivity index (χ2v) is 6.01. The van der Waals surface area contributed by atoms with Crippen molar-refractivity contribution in [3.63, 3.8) is 0 Å². The number of carbonyl (C=O) groups excluding carboxylic acids is 1. The van der Waals surface area contributed by atoms with Gasteiger partial charge in [0.2, 0.25) is 0 Å². The fraction of sp³-hybridized carbons (Fsp3) is 0.381. The van der Waals surface area contributed by atoms with Crippen molar-refractivity contribution in [3.05, 3.63) is 41.5 Å². The Morgan fingerprint density at radius 2 is 1.52 bits per heavy atom. The molecule has 2 aromatic rings. The molecule has 8 nitrogen and oxygen atoms in total. The van der Waals surface area contributed by atoms with Crippen LogP contribution < -0.4 is 23.7 Å². The molecule has 0 bridgehead atoms. The maximum absolute atomic E-state index is 13.0. The van der Waals surface area contributed by atoms with Gasteiger partial charge < -0.3 is 33.5 Å². The van der Waals surface area contributed by atoms with Crippen molar-refractivity contribution in [2.75, 3.05) is 42.3 Å². The third-order valence-corrected chi connectivity index (χ3v) is 4.28. The fourth-order valence-corrected chi connectivity index (χ4v) is 2.81. The van der Waals surface area contributed by atoms with E-state index in [9.17, 15) is 9.90 Å². The Morgan fingerprint density at radius 1 is 0.862 bits per heavy atom. The third-order valence-electron chi connectivity index (χ3n) is 4.28. The van der Waals surface area contributed by atoms with Gasteiger partial charge >= 0.3 is 0 Å². The van der Waals surface area contributed by atoms with Gasteiger partial charge in [0.25, 0.3) is 0 Å². The summed E-state index contributed by atoms with van der Waals surface area (Å²) in [5.41, 5.74) is 0.715. The Balaban J connectivity index is 2.33. The van der Waals surface area contributed by atoms with Gasteiger partial charge in [0.1, 0.15) is 22.8 Å². The van der Waals surface area contributed by atoms with Crippen LogP contribution in [-0.4, -0.2) is 53.2 Å². The first-order chi connectivity index (χ1) is 14.0. The molecule has 0 aliphatic heterocycles. The maximum Gasteiger partial charge on any atom is 0.188 e. The summed E-state index contributed by atoms with van der Waals surface area (Å²) < 4.78 is 31.5. The van der Waals surface area contributed by atoms with Crippen LogP contribution in [0, 0.1) is 0 Å². The summed E-state index contributed by atoms with van der Waals surface area (Å²) in [4.78, 5) is 13.0. The molecule has 0 spiro atoms. The quantitative estimate of drug-likeness (QED) is 0.450. The highest BCUT2D eigenvalue weighted by Crippen LogP contribution is 2.37. The Labute approximate surface area is 169 Å². The number of carbonyl (C=O) groups is 1. The van der Waals surface area contributed by atoms with E-state index in [0.717, 1.165) is 0 Å². The molecule has 0 saturated heterocycles. The lowest BCUT2D eigenvalue weighted by Gasteiger charge is -2.17. The normalized spacial score (nSPS) is 11.5. The summed E-state index contributed by atoms with van der Waals surface area (Å²) in [6, 6.07) is 8.12. The highest BCUT2D eigenvalue weighted by molar-refractivity contribution is 6.02. The monoisotopic (exact) mass is 406 g/mol. The molecule has 2 aromatic carbocycles. The van der Waals surface area contributed by atoms with Crippen molar-refractivity contribution < 1.29 is 38.3 Å². The van der Waals surface area contributed by atoms with E-state index in [-0.39, 0.29) is 36.1 Å². The summed E-state index contributed by atoms with van der Waals surface area (Å²) in [6.45, 7) is -0.0607. The maximum atomic E-state index is 13.0. The van der Waals surface area contributed by atoms with Crippen molar-refractivity contribution in [2.45, 2.75) is 12.5 Å². The number of aliphatic hydroxyl groups is 1. The molecule has 0 aromatic heterocycles. The van der Waals surface area contributed by atoms with Gasteiger partial charge in [-0.1, -0.05) is 6.07 Å². The number of ether oxygens (including phenoxy) is 6. The molecular formula is C21H26O8. The summed E-state index contributed by atoms with van der Waals surface area (Å²) in [5, 5.41) is 10.6. The first kappa shape index (κ1) is 22.3. The molecule has 0 radical (unpaired) electrons. The molecule has 0 heterocycles. The van der Waals surface area contributed by atoms with Crippen molar-refractivity contribution in [3.8, 4) is 28.7 Å². The van der Waals surface area contributed by atoms with Gasteiger partial charge in [0.05, 0.1) is 34.5 Å². The minimum Gasteiger partial charge on any atom is -0.496 e. The minimum atomic E-state index is -1.07. The first-order valence-corrected chi connectivity index (χ1v) is 8.79. The van der Waals surface area contributed by atoms with Crippen molar-refractivity contribution in [1.29, 1.82) is 0 Å². The number of methoxy groups -OCH3 is 5. The lowest BCUT2D eigenvalue weighted by molar-refractivity contribution is 0.0496. The lowest BCUT2D eigenvalue weighted by Crippen LogP contribution is -2.12. The van der Waals surface area contributed by atoms with Crippen LogP contribution in [0.2, 0.25) is 0 Å². The highest BCUT2D eigenvalue weighted by atomic mass is 16.7. The van der Waals surface area contributed by atoms with E-state index in [1.165, 1.54) is 35.5 Å². The molecule has 0 amide bonds. The minimum absolute atomic E-state index is 0.0607. The van der Waals surface area contributed by atoms with E-state index in [4.69, 9.17) is 28.4 Å². The third kappa shape index (κ3) is 5.30. The predicted molar refractivity (Wildman–Crippen MR) is 106 cm³/mol. The molecule has 0 unspecified atom stereocenters. The summed E-state index contributed by atoms with van der Waals surface area (Å²) in [7, 11) is 7.43. The van der Waals surface area contributed by atoms with Crippen LogP contribution in [0.4, 0.5) is 0 Å². The van der Waals surface area contributed by atoms with Crippen molar-refractivity contribution in [1.82, 2.24) is 0 Å². The van der Waals surface area contributed by atoms with Crippen LogP contribution in [0.5, 0.6) is 28.7 Å². The molecular weight excluding hydrogens is 380 g/mol. The zero-order chi connectivity index (χ0) is 21.4. The van der Waals surface area contributed by atoms with E-state index in [1.54, 1.807) is 30.3 Å². The van der Waals surface area contributed by atoms with Crippen LogP contribution in [0.25, 0.3) is 0 Å². The van der Waals surface area contributed by atoms with Crippen LogP contribution in [-0.2, 0) is 4.74 Å². The standard InChI is InChI=1S/C21H26O8/c1-24-12-29-20-10-14(25-2)9-19(28-5)21(20)16(23)11-15(22)13-6-7-17(26-3)18(8-13)27-4/h6-10,15,22H,11-12H2,1-5H3/t15-/m1/s1. The fourth-order valence-electron chi connectivity index (χ4n) is 2.81. The average Bonchev–Trinajstić information content (AvgIpc) is 2.75. The zero-order valence-electron chi connectivity index (χ0n) is 17.2. The van der Waals surface area contributed by atoms with E-state index in [1.807, 2.05) is 0 Å². The molecule has 29 heavy (non-hydrogen) atoms. The Morgan fingerprint density at radius 3 is 2.10 bits per heavy atom. The Hall–Kier alpha value is -2.97. The van der Waals surface area contributed by atoms with Gasteiger partial charge in [-0.3, -0.25) is 4.79 Å².